The van der Waals surface area contributed by atoms with E-state index in [9.17, 15) is 4.79 Å². The SMILES string of the molecule is CCn1c(SC(C(=O)Nc2cc(C)ccc2OC)c2ccccc2)nnc1-c1ccc(Cl)cc1. The molecule has 34 heavy (non-hydrogen) atoms. The van der Waals surface area contributed by atoms with Crippen molar-refractivity contribution in [2.75, 3.05) is 12.4 Å². The summed E-state index contributed by atoms with van der Waals surface area (Å²) in [5.74, 6) is 1.17. The van der Waals surface area contributed by atoms with Crippen molar-refractivity contribution in [3.8, 4) is 17.1 Å². The average Bonchev–Trinajstić information content (AvgIpc) is 3.26. The number of carbonyl (C=O) groups is 1. The number of aromatic nitrogens is 3. The Morgan fingerprint density at radius 3 is 2.50 bits per heavy atom. The zero-order valence-electron chi connectivity index (χ0n) is 19.2. The van der Waals surface area contributed by atoms with Gasteiger partial charge in [0.15, 0.2) is 11.0 Å². The van der Waals surface area contributed by atoms with Crippen LogP contribution in [0.2, 0.25) is 5.02 Å². The lowest BCUT2D eigenvalue weighted by Crippen LogP contribution is -2.20. The van der Waals surface area contributed by atoms with Crippen LogP contribution in [0.4, 0.5) is 5.69 Å². The summed E-state index contributed by atoms with van der Waals surface area (Å²) in [6.07, 6.45) is 0. The smallest absolute Gasteiger partial charge is 0.242 e. The zero-order chi connectivity index (χ0) is 24.1. The van der Waals surface area contributed by atoms with Crippen LogP contribution in [-0.2, 0) is 11.3 Å². The summed E-state index contributed by atoms with van der Waals surface area (Å²) >= 11 is 7.41. The van der Waals surface area contributed by atoms with Gasteiger partial charge in [-0.25, -0.2) is 0 Å². The predicted octanol–water partition coefficient (Wildman–Crippen LogP) is 6.41. The molecule has 0 radical (unpaired) electrons. The summed E-state index contributed by atoms with van der Waals surface area (Å²) in [6, 6.07) is 22.8. The van der Waals surface area contributed by atoms with Crippen LogP contribution in [-0.4, -0.2) is 27.8 Å². The Balaban J connectivity index is 1.68. The molecule has 6 nitrogen and oxygen atoms in total. The molecule has 1 N–H and O–H groups in total. The third-order valence-electron chi connectivity index (χ3n) is 5.31. The minimum Gasteiger partial charge on any atom is -0.495 e. The quantitative estimate of drug-likeness (QED) is 0.288. The second kappa shape index (κ2) is 10.8. The zero-order valence-corrected chi connectivity index (χ0v) is 20.7. The van der Waals surface area contributed by atoms with Gasteiger partial charge in [0.1, 0.15) is 11.0 Å². The molecule has 0 aliphatic carbocycles. The predicted molar refractivity (Wildman–Crippen MR) is 138 cm³/mol. The minimum atomic E-state index is -0.543. The van der Waals surface area contributed by atoms with E-state index >= 15 is 0 Å². The molecule has 0 bridgehead atoms. The fourth-order valence-electron chi connectivity index (χ4n) is 3.60. The number of amides is 1. The molecule has 1 atom stereocenters. The summed E-state index contributed by atoms with van der Waals surface area (Å²) in [4.78, 5) is 13.6. The van der Waals surface area contributed by atoms with Crippen molar-refractivity contribution in [3.05, 3.63) is 88.9 Å². The molecule has 4 aromatic rings. The Morgan fingerprint density at radius 1 is 1.09 bits per heavy atom. The molecular formula is C26H25ClN4O2S. The number of ether oxygens (including phenoxy) is 1. The van der Waals surface area contributed by atoms with E-state index in [2.05, 4.69) is 15.5 Å². The number of nitrogens with one attached hydrogen (secondary N) is 1. The van der Waals surface area contributed by atoms with E-state index in [0.717, 1.165) is 22.5 Å². The molecule has 0 saturated carbocycles. The molecule has 0 aliphatic rings. The topological polar surface area (TPSA) is 69.0 Å². The van der Waals surface area contributed by atoms with E-state index in [4.69, 9.17) is 16.3 Å². The van der Waals surface area contributed by atoms with Crippen molar-refractivity contribution in [1.29, 1.82) is 0 Å². The van der Waals surface area contributed by atoms with E-state index in [1.165, 1.54) is 11.8 Å². The first-order valence-electron chi connectivity index (χ1n) is 10.9. The summed E-state index contributed by atoms with van der Waals surface area (Å²) in [5.41, 5.74) is 3.44. The molecule has 1 aromatic heterocycles. The number of halogens is 1. The number of anilines is 1. The van der Waals surface area contributed by atoms with Gasteiger partial charge in [-0.3, -0.25) is 4.79 Å². The maximum Gasteiger partial charge on any atom is 0.242 e. The van der Waals surface area contributed by atoms with Gasteiger partial charge in [0, 0.05) is 17.1 Å². The third kappa shape index (κ3) is 5.26. The molecule has 1 unspecified atom stereocenters. The lowest BCUT2D eigenvalue weighted by Gasteiger charge is -2.18. The molecule has 1 amide bonds. The van der Waals surface area contributed by atoms with Crippen LogP contribution in [0, 0.1) is 6.92 Å². The lowest BCUT2D eigenvalue weighted by molar-refractivity contribution is -0.115. The van der Waals surface area contributed by atoms with Crippen molar-refractivity contribution >= 4 is 35.0 Å². The number of rotatable bonds is 8. The molecule has 174 valence electrons. The summed E-state index contributed by atoms with van der Waals surface area (Å²) in [6.45, 7) is 4.66. The van der Waals surface area contributed by atoms with Gasteiger partial charge in [0.2, 0.25) is 5.91 Å². The molecule has 1 heterocycles. The molecule has 3 aromatic carbocycles. The summed E-state index contributed by atoms with van der Waals surface area (Å²) < 4.78 is 7.45. The van der Waals surface area contributed by atoms with E-state index in [1.807, 2.05) is 91.2 Å². The van der Waals surface area contributed by atoms with E-state index in [0.29, 0.717) is 28.2 Å². The van der Waals surface area contributed by atoms with Crippen molar-refractivity contribution in [1.82, 2.24) is 14.8 Å². The number of benzene rings is 3. The Labute approximate surface area is 208 Å². The number of hydrogen-bond donors (Lipinski definition) is 1. The van der Waals surface area contributed by atoms with Gasteiger partial charge in [-0.2, -0.15) is 0 Å². The Bertz CT molecular complexity index is 1280. The highest BCUT2D eigenvalue weighted by Gasteiger charge is 2.26. The van der Waals surface area contributed by atoms with Crippen LogP contribution in [0.1, 0.15) is 23.3 Å². The fourth-order valence-corrected chi connectivity index (χ4v) is 4.82. The standard InChI is InChI=1S/C26H25ClN4O2S/c1-4-31-24(19-11-13-20(27)14-12-19)29-30-26(31)34-23(18-8-6-5-7-9-18)25(32)28-21-16-17(2)10-15-22(21)33-3/h5-16,23H,4H2,1-3H3,(H,28,32). The van der Waals surface area contributed by atoms with Gasteiger partial charge in [-0.15, -0.1) is 10.2 Å². The van der Waals surface area contributed by atoms with Crippen molar-refractivity contribution < 1.29 is 9.53 Å². The molecule has 0 fully saturated rings. The summed E-state index contributed by atoms with van der Waals surface area (Å²) in [5, 5.41) is 12.7. The Morgan fingerprint density at radius 2 is 1.82 bits per heavy atom. The molecule has 0 saturated heterocycles. The average molecular weight is 493 g/mol. The number of nitrogens with zero attached hydrogens (tertiary/aromatic N) is 3. The van der Waals surface area contributed by atoms with Gasteiger partial charge >= 0.3 is 0 Å². The molecular weight excluding hydrogens is 468 g/mol. The summed E-state index contributed by atoms with van der Waals surface area (Å²) in [7, 11) is 1.59. The van der Waals surface area contributed by atoms with Crippen LogP contribution in [0.25, 0.3) is 11.4 Å². The molecule has 4 rings (SSSR count). The van der Waals surface area contributed by atoms with Crippen molar-refractivity contribution in [3.63, 3.8) is 0 Å². The fraction of sp³-hybridized carbons (Fsp3) is 0.192. The van der Waals surface area contributed by atoms with E-state index in [-0.39, 0.29) is 5.91 Å². The maximum atomic E-state index is 13.6. The van der Waals surface area contributed by atoms with E-state index < -0.39 is 5.25 Å². The first kappa shape index (κ1) is 23.9. The largest absolute Gasteiger partial charge is 0.495 e. The number of aryl methyl sites for hydroxylation is 1. The van der Waals surface area contributed by atoms with Crippen LogP contribution >= 0.6 is 23.4 Å². The first-order chi connectivity index (χ1) is 16.5. The third-order valence-corrected chi connectivity index (χ3v) is 6.80. The monoisotopic (exact) mass is 492 g/mol. The highest BCUT2D eigenvalue weighted by Crippen LogP contribution is 2.38. The van der Waals surface area contributed by atoms with Gasteiger partial charge in [0.25, 0.3) is 0 Å². The van der Waals surface area contributed by atoms with Gasteiger partial charge in [0.05, 0.1) is 12.8 Å². The second-order valence-corrected chi connectivity index (χ2v) is 9.17. The number of thioether (sulfide) groups is 1. The van der Waals surface area contributed by atoms with Gasteiger partial charge < -0.3 is 14.6 Å². The second-order valence-electron chi connectivity index (χ2n) is 7.66. The van der Waals surface area contributed by atoms with Crippen molar-refractivity contribution in [2.45, 2.75) is 30.8 Å². The highest BCUT2D eigenvalue weighted by molar-refractivity contribution is 8.00. The van der Waals surface area contributed by atoms with Crippen LogP contribution in [0.5, 0.6) is 5.75 Å². The number of hydrogen-bond acceptors (Lipinski definition) is 5. The van der Waals surface area contributed by atoms with Crippen molar-refractivity contribution in [2.24, 2.45) is 0 Å². The highest BCUT2D eigenvalue weighted by atomic mass is 35.5. The molecule has 8 heteroatoms. The molecule has 0 aliphatic heterocycles. The Kier molecular flexibility index (Phi) is 7.55. The number of methoxy groups -OCH3 is 1. The number of carbonyl (C=O) groups excluding carboxylic acids is 1. The molecule has 0 spiro atoms. The van der Waals surface area contributed by atoms with Crippen LogP contribution < -0.4 is 10.1 Å². The normalized spacial score (nSPS) is 11.8. The lowest BCUT2D eigenvalue weighted by atomic mass is 10.1. The Hall–Kier alpha value is -3.29. The minimum absolute atomic E-state index is 0.168. The first-order valence-corrected chi connectivity index (χ1v) is 12.1. The van der Waals surface area contributed by atoms with Gasteiger partial charge in [-0.1, -0.05) is 59.8 Å². The van der Waals surface area contributed by atoms with Crippen LogP contribution in [0.15, 0.2) is 78.0 Å². The maximum absolute atomic E-state index is 13.6. The van der Waals surface area contributed by atoms with Crippen LogP contribution in [0.3, 0.4) is 0 Å². The van der Waals surface area contributed by atoms with Gasteiger partial charge in [-0.05, 0) is 61.4 Å². The van der Waals surface area contributed by atoms with E-state index in [1.54, 1.807) is 7.11 Å².